The zero-order valence-corrected chi connectivity index (χ0v) is 34.8. The standard InChI is InChI=1S/C46H56N4O11/c1-4-25-58-46-41(49(3)45(54)57-29-31-13-7-6-8-14-31)28-39(48-59-30-32-17-19-34(20-18-32)50(55)56)37-26-33(15-9-11-23-51)36(16-10-12-24-52)42(43(37)46)38-27-35(21-22-40(38)61-46)60-44(53)47-5-2/h4,6-8,13-14,17-22,26-27,33,36,41-43,51-52H,1,5,9-12,15-16,23-25,28-30H2,2-3H3,(H,47,53)/t33-,36+,41-,42+,43+,46+/m0/s1. The number of nitrogens with zero attached hydrogens (tertiary/aromatic N) is 3. The molecule has 0 unspecified atom stereocenters. The van der Waals surface area contributed by atoms with E-state index in [-0.39, 0.29) is 62.9 Å². The van der Waals surface area contributed by atoms with Crippen LogP contribution < -0.4 is 14.8 Å². The number of hydrogen-bond donors (Lipinski definition) is 3. The Morgan fingerprint density at radius 2 is 1.74 bits per heavy atom. The summed E-state index contributed by atoms with van der Waals surface area (Å²) < 4.78 is 25.7. The molecule has 0 bridgehead atoms. The fraction of sp³-hybridized carbons (Fsp3) is 0.457. The van der Waals surface area contributed by atoms with Gasteiger partial charge in [-0.25, -0.2) is 9.59 Å². The van der Waals surface area contributed by atoms with Crippen molar-refractivity contribution < 1.29 is 48.5 Å². The zero-order chi connectivity index (χ0) is 43.4. The van der Waals surface area contributed by atoms with Crippen molar-refractivity contribution in [3.05, 3.63) is 124 Å². The van der Waals surface area contributed by atoms with E-state index in [1.165, 1.54) is 17.0 Å². The number of carbonyl (C=O) groups is 2. The van der Waals surface area contributed by atoms with Gasteiger partial charge in [-0.05, 0) is 91.5 Å². The van der Waals surface area contributed by atoms with Gasteiger partial charge in [0.15, 0.2) is 0 Å². The molecule has 1 saturated carbocycles. The molecule has 61 heavy (non-hydrogen) atoms. The molecule has 3 aromatic rings. The first-order chi connectivity index (χ1) is 29.6. The third kappa shape index (κ3) is 10.4. The summed E-state index contributed by atoms with van der Waals surface area (Å²) in [6.07, 6.45) is 6.94. The number of fused-ring (bicyclic) bond motifs is 2. The molecule has 3 aromatic carbocycles. The number of nitro groups is 1. The highest BCUT2D eigenvalue weighted by Gasteiger charge is 2.65. The Hall–Kier alpha value is -5.77. The molecule has 1 heterocycles. The molecular weight excluding hydrogens is 785 g/mol. The summed E-state index contributed by atoms with van der Waals surface area (Å²) in [5, 5.41) is 38.5. The Morgan fingerprint density at radius 1 is 1.02 bits per heavy atom. The maximum absolute atomic E-state index is 14.2. The number of benzene rings is 3. The van der Waals surface area contributed by atoms with Crippen LogP contribution in [0.2, 0.25) is 0 Å². The molecule has 0 aromatic heterocycles. The van der Waals surface area contributed by atoms with Crippen molar-refractivity contribution in [3.63, 3.8) is 0 Å². The first-order valence-electron chi connectivity index (χ1n) is 21.0. The monoisotopic (exact) mass is 840 g/mol. The lowest BCUT2D eigenvalue weighted by atomic mass is 9.55. The molecule has 3 N–H and O–H groups in total. The zero-order valence-electron chi connectivity index (χ0n) is 34.8. The maximum Gasteiger partial charge on any atom is 0.412 e. The van der Waals surface area contributed by atoms with E-state index in [0.29, 0.717) is 42.2 Å². The van der Waals surface area contributed by atoms with Gasteiger partial charge in [0.2, 0.25) is 5.79 Å². The number of nitro benzene ring substituents is 1. The first-order valence-corrected chi connectivity index (χ1v) is 21.0. The van der Waals surface area contributed by atoms with Crippen LogP contribution in [0.4, 0.5) is 15.3 Å². The molecule has 15 nitrogen and oxygen atoms in total. The van der Waals surface area contributed by atoms with Gasteiger partial charge in [0.1, 0.15) is 30.8 Å². The van der Waals surface area contributed by atoms with Gasteiger partial charge in [-0.2, -0.15) is 0 Å². The van der Waals surface area contributed by atoms with Gasteiger partial charge in [0.25, 0.3) is 5.69 Å². The third-order valence-electron chi connectivity index (χ3n) is 11.7. The summed E-state index contributed by atoms with van der Waals surface area (Å²) in [7, 11) is 1.65. The fourth-order valence-corrected chi connectivity index (χ4v) is 8.93. The number of amides is 2. The summed E-state index contributed by atoms with van der Waals surface area (Å²) in [4.78, 5) is 45.2. The summed E-state index contributed by atoms with van der Waals surface area (Å²) in [5.74, 6) is -1.71. The van der Waals surface area contributed by atoms with Crippen molar-refractivity contribution in [2.75, 3.05) is 33.4 Å². The molecule has 0 spiro atoms. The molecule has 1 aliphatic heterocycles. The highest BCUT2D eigenvalue weighted by molar-refractivity contribution is 6.03. The third-order valence-corrected chi connectivity index (χ3v) is 11.7. The minimum absolute atomic E-state index is 0.0180. The van der Waals surface area contributed by atoms with E-state index in [1.807, 2.05) is 36.4 Å². The van der Waals surface area contributed by atoms with E-state index in [2.05, 4.69) is 18.0 Å². The van der Waals surface area contributed by atoms with E-state index in [4.69, 9.17) is 28.9 Å². The van der Waals surface area contributed by atoms with Crippen LogP contribution in [0.25, 0.3) is 0 Å². The molecule has 6 atom stereocenters. The number of oxime groups is 1. The van der Waals surface area contributed by atoms with Crippen LogP contribution in [0.5, 0.6) is 11.5 Å². The number of non-ortho nitro benzene ring substituents is 1. The van der Waals surface area contributed by atoms with Crippen molar-refractivity contribution in [2.24, 2.45) is 22.9 Å². The molecule has 15 heteroatoms. The molecule has 3 aliphatic rings. The van der Waals surface area contributed by atoms with Gasteiger partial charge in [-0.1, -0.05) is 60.5 Å². The molecule has 6 rings (SSSR count). The molecule has 2 amide bonds. The Bertz CT molecular complexity index is 2040. The Morgan fingerprint density at radius 3 is 2.43 bits per heavy atom. The summed E-state index contributed by atoms with van der Waals surface area (Å²) in [6.45, 7) is 6.36. The van der Waals surface area contributed by atoms with Gasteiger partial charge in [0, 0.05) is 56.8 Å². The number of unbranched alkanes of at least 4 members (excludes halogenated alkanes) is 2. The van der Waals surface area contributed by atoms with Crippen LogP contribution in [0.1, 0.15) is 74.5 Å². The number of nitrogens with one attached hydrogen (secondary N) is 1. The molecule has 0 saturated heterocycles. The van der Waals surface area contributed by atoms with Crippen molar-refractivity contribution in [2.45, 2.75) is 82.8 Å². The minimum Gasteiger partial charge on any atom is -0.459 e. The van der Waals surface area contributed by atoms with Crippen LogP contribution in [-0.4, -0.2) is 83.2 Å². The summed E-state index contributed by atoms with van der Waals surface area (Å²) >= 11 is 0. The molecule has 0 radical (unpaired) electrons. The van der Waals surface area contributed by atoms with Crippen molar-refractivity contribution >= 4 is 23.6 Å². The average molecular weight is 841 g/mol. The number of aliphatic hydroxyl groups is 2. The summed E-state index contributed by atoms with van der Waals surface area (Å²) in [6, 6.07) is 19.9. The predicted molar refractivity (Wildman–Crippen MR) is 227 cm³/mol. The summed E-state index contributed by atoms with van der Waals surface area (Å²) in [5.41, 5.74) is 3.61. The number of rotatable bonds is 20. The average Bonchev–Trinajstić information content (AvgIpc) is 3.26. The number of hydrogen-bond acceptors (Lipinski definition) is 12. The molecule has 326 valence electrons. The van der Waals surface area contributed by atoms with Crippen LogP contribution in [0.15, 0.2) is 102 Å². The van der Waals surface area contributed by atoms with Crippen LogP contribution >= 0.6 is 0 Å². The van der Waals surface area contributed by atoms with Gasteiger partial charge in [0.05, 0.1) is 23.2 Å². The highest BCUT2D eigenvalue weighted by Crippen LogP contribution is 2.61. The quantitative estimate of drug-likeness (QED) is 0.0435. The SMILES string of the molecule is C=CCO[C@@]12Oc3ccc(OC(=O)NCC)cc3[C@H]3[C@H](CCCCO)[C@@H](CCCCO)C=C(C(=NOCc4ccc([N+](=O)[O-])cc4)C[C@@H]1N(C)C(=O)OCc1ccccc1)[C@H]32. The van der Waals surface area contributed by atoms with Gasteiger partial charge in [-0.15, -0.1) is 6.58 Å². The van der Waals surface area contributed by atoms with E-state index < -0.39 is 34.9 Å². The predicted octanol–water partition coefficient (Wildman–Crippen LogP) is 7.81. The van der Waals surface area contributed by atoms with Crippen molar-refractivity contribution in [3.8, 4) is 11.5 Å². The van der Waals surface area contributed by atoms with E-state index >= 15 is 0 Å². The lowest BCUT2D eigenvalue weighted by Crippen LogP contribution is -2.69. The molecule has 2 aliphatic carbocycles. The normalized spacial score (nSPS) is 23.0. The fourth-order valence-electron chi connectivity index (χ4n) is 8.93. The van der Waals surface area contributed by atoms with E-state index in [1.54, 1.807) is 44.3 Å². The van der Waals surface area contributed by atoms with Crippen LogP contribution in [-0.2, 0) is 27.5 Å². The lowest BCUT2D eigenvalue weighted by molar-refractivity contribution is -0.384. The van der Waals surface area contributed by atoms with Gasteiger partial charge < -0.3 is 44.2 Å². The van der Waals surface area contributed by atoms with Gasteiger partial charge in [-0.3, -0.25) is 10.1 Å². The lowest BCUT2D eigenvalue weighted by Gasteiger charge is -2.59. The topological polar surface area (TPSA) is 192 Å². The molecule has 1 fully saturated rings. The maximum atomic E-state index is 14.2. The van der Waals surface area contributed by atoms with Crippen LogP contribution in [0, 0.1) is 27.9 Å². The van der Waals surface area contributed by atoms with E-state index in [0.717, 1.165) is 42.4 Å². The Kier molecular flexibility index (Phi) is 15.5. The number of allylic oxidation sites excluding steroid dienone is 1. The number of aliphatic hydroxyl groups excluding tert-OH is 2. The molecular formula is C46H56N4O11. The number of carbonyl (C=O) groups excluding carboxylic acids is 2. The smallest absolute Gasteiger partial charge is 0.412 e. The van der Waals surface area contributed by atoms with Gasteiger partial charge >= 0.3 is 12.2 Å². The number of ether oxygens (including phenoxy) is 4. The van der Waals surface area contributed by atoms with Crippen LogP contribution in [0.3, 0.4) is 0 Å². The second kappa shape index (κ2) is 21.2. The minimum atomic E-state index is -1.51. The highest BCUT2D eigenvalue weighted by atomic mass is 16.7. The second-order valence-corrected chi connectivity index (χ2v) is 15.5. The van der Waals surface area contributed by atoms with Crippen molar-refractivity contribution in [1.29, 1.82) is 0 Å². The Labute approximate surface area is 356 Å². The largest absolute Gasteiger partial charge is 0.459 e. The number of likely N-dealkylation sites (N-methyl/N-ethyl adjacent to an activating group) is 1. The first kappa shape index (κ1) is 44.8. The Balaban J connectivity index is 1.51. The second-order valence-electron chi connectivity index (χ2n) is 15.5. The van der Waals surface area contributed by atoms with E-state index in [9.17, 15) is 29.9 Å². The van der Waals surface area contributed by atoms with Crippen molar-refractivity contribution in [1.82, 2.24) is 10.2 Å².